The van der Waals surface area contributed by atoms with Crippen LogP contribution >= 0.6 is 15.2 Å². The molecule has 1 saturated heterocycles. The molecule has 0 radical (unpaired) electrons. The zero-order valence-corrected chi connectivity index (χ0v) is 47.8. The van der Waals surface area contributed by atoms with Crippen molar-refractivity contribution in [2.45, 2.75) is 142 Å². The van der Waals surface area contributed by atoms with E-state index in [-0.39, 0.29) is 58.0 Å². The highest BCUT2D eigenvalue weighted by Crippen LogP contribution is 2.61. The molecule has 2 amide bonds. The predicted octanol–water partition coefficient (Wildman–Crippen LogP) is 4.63. The van der Waals surface area contributed by atoms with E-state index >= 15 is 4.79 Å². The van der Waals surface area contributed by atoms with Crippen molar-refractivity contribution in [3.63, 3.8) is 0 Å². The standard InChI is InChI=1S/C52H74N4O21P2/c1-25(2)23-55-20-18-52(19-21-55)54-39-36-37-44(61)31(8)47-38(36)48(63)51(10,77-47)75-22-17-33(72-11)28(5)46(76-32(9)57)30(7)43(60)29(6)42(59)26(3)13-12-14-27(4)49(64)53-40(45(37)62)41(39)56(52)50(65)74-24-73-34(58)15-16-35(78(66,67)68)79(69,70)71/h12-14,17,22,25-26,28-30,33,35,41-43,46,59-62H,15-16,18-21,23-24H2,1-11H3,(H,53,64)(H2,66,67,68)(H2,69,70,71)/b13-12+,22-17+,27-14-/t26-,28+,29+,30+,33-,41?,42-,43+,46+,51-/m0/s1. The Morgan fingerprint density at radius 2 is 1.54 bits per heavy atom. The van der Waals surface area contributed by atoms with Gasteiger partial charge in [-0.05, 0) is 32.3 Å². The first-order valence-corrected chi connectivity index (χ1v) is 29.3. The van der Waals surface area contributed by atoms with Crippen LogP contribution in [-0.2, 0) is 47.2 Å². The van der Waals surface area contributed by atoms with E-state index in [0.29, 0.717) is 19.6 Å². The van der Waals surface area contributed by atoms with Crippen molar-refractivity contribution in [1.82, 2.24) is 15.1 Å². The number of ketones is 1. The molecule has 4 aliphatic heterocycles. The fourth-order valence-electron chi connectivity index (χ4n) is 11.0. The van der Waals surface area contributed by atoms with Crippen molar-refractivity contribution in [2.24, 2.45) is 34.6 Å². The molecule has 25 nitrogen and oxygen atoms in total. The van der Waals surface area contributed by atoms with Gasteiger partial charge >= 0.3 is 39.0 Å². The average Bonchev–Trinajstić information content (AvgIpc) is 3.98. The zero-order valence-electron chi connectivity index (χ0n) is 46.0. The minimum absolute atomic E-state index is 0.0268. The average molecular weight is 1150 g/mol. The van der Waals surface area contributed by atoms with Gasteiger partial charge in [-0.1, -0.05) is 59.8 Å². The number of Topliss-reactive ketones (excluding diaryl/α,β-unsaturated/α-hetero) is 1. The molecule has 1 aromatic rings. The summed E-state index contributed by atoms with van der Waals surface area (Å²) < 4.78 is 58.3. The van der Waals surface area contributed by atoms with Crippen LogP contribution in [-0.4, -0.2) is 166 Å². The van der Waals surface area contributed by atoms with Crippen molar-refractivity contribution in [3.05, 3.63) is 64.1 Å². The van der Waals surface area contributed by atoms with Gasteiger partial charge in [-0.15, -0.1) is 0 Å². The number of phenols is 1. The van der Waals surface area contributed by atoms with E-state index in [4.69, 9.17) is 33.4 Å². The van der Waals surface area contributed by atoms with E-state index in [1.54, 1.807) is 33.8 Å². The number of carbonyl (C=O) groups excluding carboxylic acids is 5. The number of fused-ring (bicyclic) bond motifs is 3. The molecule has 1 unspecified atom stereocenters. The fourth-order valence-corrected chi connectivity index (χ4v) is 13.5. The Morgan fingerprint density at radius 1 is 0.911 bits per heavy atom. The van der Waals surface area contributed by atoms with Crippen molar-refractivity contribution in [1.29, 1.82) is 0 Å². The Hall–Kier alpha value is -5.46. The summed E-state index contributed by atoms with van der Waals surface area (Å²) in [7, 11) is -9.40. The smallest absolute Gasteiger partial charge is 0.415 e. The van der Waals surface area contributed by atoms with Crippen LogP contribution in [0.25, 0.3) is 5.76 Å². The molecule has 1 aromatic carbocycles. The first-order valence-electron chi connectivity index (χ1n) is 25.9. The van der Waals surface area contributed by atoms with Crippen LogP contribution in [0.2, 0.25) is 0 Å². The second-order valence-electron chi connectivity index (χ2n) is 21.6. The normalized spacial score (nSPS) is 30.2. The van der Waals surface area contributed by atoms with E-state index in [9.17, 15) is 68.3 Å². The number of aliphatic imine (C=N–C) groups is 1. The van der Waals surface area contributed by atoms with E-state index in [0.717, 1.165) is 11.2 Å². The van der Waals surface area contributed by atoms with Crippen molar-refractivity contribution in [3.8, 4) is 11.5 Å². The maximum Gasteiger partial charge on any atom is 0.415 e. The predicted molar refractivity (Wildman–Crippen MR) is 282 cm³/mol. The lowest BCUT2D eigenvalue weighted by molar-refractivity contribution is -0.160. The quantitative estimate of drug-likeness (QED) is 0.0828. The van der Waals surface area contributed by atoms with Gasteiger partial charge in [-0.3, -0.25) is 38.2 Å². The van der Waals surface area contributed by atoms with Gasteiger partial charge in [0.25, 0.3) is 11.7 Å². The Morgan fingerprint density at radius 3 is 2.13 bits per heavy atom. The largest absolute Gasteiger partial charge is 0.507 e. The number of methoxy groups -OCH3 is 1. The number of piperidine rings is 1. The molecule has 10 atom stereocenters. The number of aliphatic hydroxyl groups is 3. The number of rotatable bonds is 11. The van der Waals surface area contributed by atoms with Crippen LogP contribution in [0.5, 0.6) is 11.5 Å². The highest BCUT2D eigenvalue weighted by atomic mass is 31.2. The number of nitrogens with zero attached hydrogens (tertiary/aromatic N) is 3. The monoisotopic (exact) mass is 1150 g/mol. The third kappa shape index (κ3) is 13.0. The minimum Gasteiger partial charge on any atom is -0.507 e. The van der Waals surface area contributed by atoms with Gasteiger partial charge < -0.3 is 78.6 Å². The Bertz CT molecular complexity index is 2790. The Kier molecular flexibility index (Phi) is 19.3. The van der Waals surface area contributed by atoms with Crippen molar-refractivity contribution < 1.29 is 102 Å². The number of carbonyl (C=O) groups is 5. The maximum absolute atomic E-state index is 15.1. The molecule has 5 aliphatic rings. The number of ether oxygens (including phenoxy) is 6. The lowest BCUT2D eigenvalue weighted by atomic mass is 9.78. The number of likely N-dealkylation sites (tertiary alicyclic amines) is 1. The number of hydrogen-bond donors (Lipinski definition) is 9. The molecule has 438 valence electrons. The lowest BCUT2D eigenvalue weighted by Gasteiger charge is -2.45. The second kappa shape index (κ2) is 24.3. The highest BCUT2D eigenvalue weighted by Gasteiger charge is 2.60. The van der Waals surface area contributed by atoms with Crippen LogP contribution < -0.4 is 10.1 Å². The van der Waals surface area contributed by atoms with Gasteiger partial charge in [0.05, 0.1) is 47.1 Å². The Labute approximate surface area is 457 Å². The molecule has 1 aliphatic carbocycles. The fraction of sp³-hybridized carbons (Fsp3) is 0.615. The summed E-state index contributed by atoms with van der Waals surface area (Å²) in [6.07, 6.45) is -0.119. The molecule has 79 heavy (non-hydrogen) atoms. The van der Waals surface area contributed by atoms with Gasteiger partial charge in [-0.2, -0.15) is 0 Å². The number of amides is 2. The van der Waals surface area contributed by atoms with Crippen LogP contribution in [0.4, 0.5) is 4.79 Å². The van der Waals surface area contributed by atoms with E-state index in [1.807, 2.05) is 13.8 Å². The van der Waals surface area contributed by atoms with E-state index < -0.39 is 153 Å². The SMILES string of the molecule is CO[C@H]1/C=C/O[C@@]2(C)Oc3c(C)c(O)c4c(c3C2=O)C2=NC3(CCN(CC(C)C)CC3)N(C(=O)OCOC(=O)CCC(P(=O)(O)O)P(=O)(O)O)C2C(=C4O)NC(=O)/C(C)=C\C=C\[C@H](C)[C@H](O)[C@@H](C)[C@@H](O)[C@@H](C)[C@H](OC(C)=O)[C@@H]1C. The number of allylic oxidation sites excluding steroid dienone is 2. The number of aliphatic hydroxyl groups excluding tert-OH is 3. The van der Waals surface area contributed by atoms with Gasteiger partial charge in [0, 0.05) is 100 Å². The minimum atomic E-state index is -5.40. The number of esters is 2. The summed E-state index contributed by atoms with van der Waals surface area (Å²) >= 11 is 0. The second-order valence-corrected chi connectivity index (χ2v) is 25.6. The van der Waals surface area contributed by atoms with E-state index in [1.165, 1.54) is 53.0 Å². The summed E-state index contributed by atoms with van der Waals surface area (Å²) in [5.74, 6) is -9.97. The van der Waals surface area contributed by atoms with Crippen LogP contribution in [0, 0.1) is 36.5 Å². The summed E-state index contributed by atoms with van der Waals surface area (Å²) in [5.41, 5.74) is -2.86. The molecule has 27 heteroatoms. The molecular formula is C52H74N4O21P2. The molecular weight excluding hydrogens is 1080 g/mol. The molecule has 4 heterocycles. The number of aromatic hydroxyl groups is 1. The first-order chi connectivity index (χ1) is 36.7. The first kappa shape index (κ1) is 62.7. The van der Waals surface area contributed by atoms with Crippen LogP contribution in [0.15, 0.2) is 46.8 Å². The van der Waals surface area contributed by atoms with Gasteiger partial charge in [-0.25, -0.2) is 4.79 Å². The summed E-state index contributed by atoms with van der Waals surface area (Å²) in [6.45, 7) is 16.3. The Balaban J connectivity index is 1.51. The number of benzene rings is 1. The third-order valence-electron chi connectivity index (χ3n) is 15.4. The summed E-state index contributed by atoms with van der Waals surface area (Å²) in [5, 5.41) is 48.1. The number of nitrogens with one attached hydrogen (secondary N) is 1. The van der Waals surface area contributed by atoms with Gasteiger partial charge in [0.15, 0.2) is 5.40 Å². The van der Waals surface area contributed by atoms with Gasteiger partial charge in [0.1, 0.15) is 35.1 Å². The van der Waals surface area contributed by atoms with Crippen LogP contribution in [0.1, 0.15) is 115 Å². The number of hydrogen-bond acceptors (Lipinski definition) is 19. The maximum atomic E-state index is 15.1. The van der Waals surface area contributed by atoms with Gasteiger partial charge in [0.2, 0.25) is 6.79 Å². The molecule has 6 rings (SSSR count). The van der Waals surface area contributed by atoms with E-state index in [2.05, 4.69) is 10.2 Å². The molecule has 9 N–H and O–H groups in total. The van der Waals surface area contributed by atoms with Crippen molar-refractivity contribution >= 4 is 56.4 Å². The number of phenolic OH excluding ortho intramolecular Hbond substituents is 1. The van der Waals surface area contributed by atoms with Crippen molar-refractivity contribution in [2.75, 3.05) is 33.5 Å². The lowest BCUT2D eigenvalue weighted by Crippen LogP contribution is -2.59. The molecule has 0 aromatic heterocycles. The zero-order chi connectivity index (χ0) is 59.0. The summed E-state index contributed by atoms with van der Waals surface area (Å²) in [4.78, 5) is 116. The molecule has 0 saturated carbocycles. The summed E-state index contributed by atoms with van der Waals surface area (Å²) in [6, 6.07) is -1.64. The highest BCUT2D eigenvalue weighted by molar-refractivity contribution is 7.70. The topological polar surface area (TPSA) is 368 Å². The van der Waals surface area contributed by atoms with Crippen LogP contribution in [0.3, 0.4) is 0 Å². The molecule has 1 fully saturated rings. The molecule has 1 spiro atoms. The third-order valence-corrected chi connectivity index (χ3v) is 19.3. The molecule has 5 bridgehead atoms.